The Kier molecular flexibility index (Phi) is 9.37. The molecule has 52 heavy (non-hydrogen) atoms. The number of aromatic nitrogens is 1. The lowest BCUT2D eigenvalue weighted by Gasteiger charge is -2.33. The van der Waals surface area contributed by atoms with E-state index in [1.54, 1.807) is 13.1 Å². The monoisotopic (exact) mass is 737 g/mol. The van der Waals surface area contributed by atoms with Crippen molar-refractivity contribution in [3.63, 3.8) is 0 Å². The summed E-state index contributed by atoms with van der Waals surface area (Å²) in [6.45, 7) is 6.08. The highest BCUT2D eigenvalue weighted by atomic mass is 32.2. The average molecular weight is 738 g/mol. The van der Waals surface area contributed by atoms with E-state index in [0.29, 0.717) is 50.0 Å². The van der Waals surface area contributed by atoms with E-state index in [9.17, 15) is 32.7 Å². The minimum Gasteiger partial charge on any atom is -0.492 e. The predicted molar refractivity (Wildman–Crippen MR) is 190 cm³/mol. The Hall–Kier alpha value is -4.40. The van der Waals surface area contributed by atoms with Gasteiger partial charge in [0, 0.05) is 35.7 Å². The van der Waals surface area contributed by atoms with E-state index in [1.165, 1.54) is 4.90 Å². The van der Waals surface area contributed by atoms with Crippen LogP contribution in [0.15, 0.2) is 36.5 Å². The topological polar surface area (TPSA) is 193 Å². The van der Waals surface area contributed by atoms with Gasteiger partial charge in [-0.3, -0.25) is 19.1 Å². The van der Waals surface area contributed by atoms with E-state index < -0.39 is 68.2 Å². The molecule has 1 saturated heterocycles. The molecule has 4 heterocycles. The van der Waals surface area contributed by atoms with Crippen molar-refractivity contribution in [3.05, 3.63) is 42.1 Å². The van der Waals surface area contributed by atoms with Crippen LogP contribution in [0.3, 0.4) is 0 Å². The average Bonchev–Trinajstić information content (AvgIpc) is 3.88. The standard InChI is InChI=1S/C37H47N5O9S/c1-4-22-17-21(2)7-5-6-8-24-19-37(24,34(45)41-52(48,49)36(3)13-14-36)40-31(43)28-18-25(20-42(28)33(44)29(22)39-35(46)47)51-32-27-10-9-23-12-16-50-30(23)26(27)11-15-38-32/h6,8-11,15,21-22,24-25,28-29,39H,4-5,7,12-14,16-20H2,1-3H3,(H,40,43)(H,41,45)(H,46,47)/b8-6-/t21-,22-,24-,25-,28+,29+,37-/m1/s1. The lowest BCUT2D eigenvalue weighted by atomic mass is 9.85. The van der Waals surface area contributed by atoms with Gasteiger partial charge in [0.05, 0.1) is 17.9 Å². The van der Waals surface area contributed by atoms with Crippen LogP contribution in [0, 0.1) is 17.8 Å². The normalized spacial score (nSPS) is 31.8. The van der Waals surface area contributed by atoms with E-state index in [4.69, 9.17) is 9.47 Å². The van der Waals surface area contributed by atoms with Crippen LogP contribution >= 0.6 is 0 Å². The molecule has 4 amide bonds. The van der Waals surface area contributed by atoms with Gasteiger partial charge in [0.2, 0.25) is 27.7 Å². The quantitative estimate of drug-likeness (QED) is 0.306. The Bertz CT molecular complexity index is 1930. The molecule has 0 radical (unpaired) electrons. The van der Waals surface area contributed by atoms with E-state index in [-0.39, 0.29) is 31.2 Å². The number of amides is 4. The fourth-order valence-electron chi connectivity index (χ4n) is 8.08. The number of nitrogens with zero attached hydrogens (tertiary/aromatic N) is 2. The summed E-state index contributed by atoms with van der Waals surface area (Å²) in [5.41, 5.74) is -0.450. The largest absolute Gasteiger partial charge is 0.492 e. The first-order valence-electron chi connectivity index (χ1n) is 18.3. The SMILES string of the molecule is CC[C@@H]1C[C@H](C)CC/C=C\[C@@H]2C[C@@]2(C(=O)NS(=O)(=O)C2(C)CC2)NC(=O)[C@@H]2C[C@@H](Oc3nccc4c5c(ccc34)CCO5)CN2C(=O)[C@H]1NC(=O)O. The zero-order valence-corrected chi connectivity index (χ0v) is 30.5. The Morgan fingerprint density at radius 3 is 2.69 bits per heavy atom. The Labute approximate surface area is 303 Å². The number of benzene rings is 1. The van der Waals surface area contributed by atoms with Crippen LogP contribution in [0.5, 0.6) is 11.6 Å². The lowest BCUT2D eigenvalue weighted by Crippen LogP contribution is -2.59. The first-order valence-corrected chi connectivity index (χ1v) is 19.8. The highest BCUT2D eigenvalue weighted by Crippen LogP contribution is 2.48. The summed E-state index contributed by atoms with van der Waals surface area (Å²) < 4.78 is 39.8. The van der Waals surface area contributed by atoms with Gasteiger partial charge in [0.15, 0.2) is 0 Å². The molecular weight excluding hydrogens is 691 g/mol. The van der Waals surface area contributed by atoms with Gasteiger partial charge in [-0.05, 0) is 75.0 Å². The second-order valence-electron chi connectivity index (χ2n) is 15.4. The molecule has 0 spiro atoms. The number of rotatable bonds is 7. The summed E-state index contributed by atoms with van der Waals surface area (Å²) >= 11 is 0. The molecule has 2 aliphatic carbocycles. The van der Waals surface area contributed by atoms with Crippen molar-refractivity contribution in [2.45, 2.75) is 107 Å². The van der Waals surface area contributed by atoms with Crippen molar-refractivity contribution < 1.29 is 42.2 Å². The minimum absolute atomic E-state index is 0.0264. The summed E-state index contributed by atoms with van der Waals surface area (Å²) in [7, 11) is -4.00. The summed E-state index contributed by atoms with van der Waals surface area (Å²) in [5.74, 6) is -1.61. The fraction of sp³-hybridized carbons (Fsp3) is 0.595. The molecule has 1 aromatic carbocycles. The molecule has 7 rings (SSSR count). The number of fused-ring (bicyclic) bond motifs is 5. The van der Waals surface area contributed by atoms with Crippen molar-refractivity contribution in [2.24, 2.45) is 17.8 Å². The van der Waals surface area contributed by atoms with Gasteiger partial charge in [-0.15, -0.1) is 0 Å². The third kappa shape index (κ3) is 6.67. The number of hydrogen-bond acceptors (Lipinski definition) is 9. The number of allylic oxidation sites excluding steroid dienone is 1. The highest BCUT2D eigenvalue weighted by molar-refractivity contribution is 7.91. The van der Waals surface area contributed by atoms with Crippen LogP contribution in [0.4, 0.5) is 4.79 Å². The molecule has 280 valence electrons. The number of sulfonamides is 1. The smallest absolute Gasteiger partial charge is 0.405 e. The van der Waals surface area contributed by atoms with Gasteiger partial charge < -0.3 is 30.1 Å². The number of carboxylic acid groups (broad SMARTS) is 1. The van der Waals surface area contributed by atoms with Crippen molar-refractivity contribution in [1.82, 2.24) is 25.2 Å². The van der Waals surface area contributed by atoms with Crippen LogP contribution in [0.25, 0.3) is 10.8 Å². The molecule has 14 nitrogen and oxygen atoms in total. The predicted octanol–water partition coefficient (Wildman–Crippen LogP) is 3.43. The summed E-state index contributed by atoms with van der Waals surface area (Å²) in [5, 5.41) is 16.7. The second-order valence-corrected chi connectivity index (χ2v) is 17.6. The lowest BCUT2D eigenvalue weighted by molar-refractivity contribution is -0.142. The van der Waals surface area contributed by atoms with Crippen molar-refractivity contribution in [3.8, 4) is 11.6 Å². The maximum absolute atomic E-state index is 14.5. The maximum atomic E-state index is 14.5. The van der Waals surface area contributed by atoms with Gasteiger partial charge >= 0.3 is 6.09 Å². The van der Waals surface area contributed by atoms with E-state index in [0.717, 1.165) is 29.5 Å². The summed E-state index contributed by atoms with van der Waals surface area (Å²) in [6.07, 6.45) is 7.74. The van der Waals surface area contributed by atoms with Crippen LogP contribution < -0.4 is 24.8 Å². The third-order valence-corrected chi connectivity index (χ3v) is 13.9. The number of carbonyl (C=O) groups excluding carboxylic acids is 3. The highest BCUT2D eigenvalue weighted by Gasteiger charge is 2.63. The molecule has 7 atom stereocenters. The molecule has 15 heteroatoms. The molecule has 2 aromatic rings. The summed E-state index contributed by atoms with van der Waals surface area (Å²) in [4.78, 5) is 60.7. The molecule has 0 bridgehead atoms. The molecule has 5 aliphatic rings. The van der Waals surface area contributed by atoms with Gasteiger partial charge in [-0.1, -0.05) is 38.5 Å². The van der Waals surface area contributed by atoms with Gasteiger partial charge in [-0.2, -0.15) is 0 Å². The number of pyridine rings is 1. The molecular formula is C37H47N5O9S. The van der Waals surface area contributed by atoms with Crippen LogP contribution in [0.2, 0.25) is 0 Å². The van der Waals surface area contributed by atoms with Gasteiger partial charge in [0.1, 0.15) is 29.5 Å². The van der Waals surface area contributed by atoms with E-state index in [2.05, 4.69) is 27.3 Å². The van der Waals surface area contributed by atoms with Crippen LogP contribution in [-0.4, -0.2) is 88.8 Å². The number of hydrogen-bond donors (Lipinski definition) is 4. The molecule has 1 aromatic heterocycles. The molecule has 2 saturated carbocycles. The Morgan fingerprint density at radius 1 is 1.17 bits per heavy atom. The fourth-order valence-corrected chi connectivity index (χ4v) is 9.39. The Balaban J connectivity index is 1.22. The van der Waals surface area contributed by atoms with Crippen LogP contribution in [0.1, 0.15) is 77.7 Å². The van der Waals surface area contributed by atoms with E-state index >= 15 is 0 Å². The van der Waals surface area contributed by atoms with Crippen molar-refractivity contribution >= 4 is 44.6 Å². The molecule has 4 N–H and O–H groups in total. The first-order chi connectivity index (χ1) is 24.7. The van der Waals surface area contributed by atoms with E-state index in [1.807, 2.05) is 37.3 Å². The first kappa shape index (κ1) is 36.0. The van der Waals surface area contributed by atoms with Gasteiger partial charge in [0.25, 0.3) is 5.91 Å². The molecule has 3 fully saturated rings. The number of nitrogens with one attached hydrogen (secondary N) is 3. The third-order valence-electron chi connectivity index (χ3n) is 11.7. The Morgan fingerprint density at radius 2 is 1.96 bits per heavy atom. The van der Waals surface area contributed by atoms with Crippen LogP contribution in [-0.2, 0) is 30.8 Å². The number of ether oxygens (including phenoxy) is 2. The zero-order chi connectivity index (χ0) is 37.0. The maximum Gasteiger partial charge on any atom is 0.405 e. The minimum atomic E-state index is -4.00. The molecule has 3 aliphatic heterocycles. The molecule has 0 unspecified atom stereocenters. The van der Waals surface area contributed by atoms with Gasteiger partial charge in [-0.25, -0.2) is 18.2 Å². The zero-order valence-electron chi connectivity index (χ0n) is 29.7. The second kappa shape index (κ2) is 13.5. The number of carbonyl (C=O) groups is 4. The van der Waals surface area contributed by atoms with Crippen molar-refractivity contribution in [2.75, 3.05) is 13.2 Å². The summed E-state index contributed by atoms with van der Waals surface area (Å²) in [6, 6.07) is 3.45. The van der Waals surface area contributed by atoms with Crippen molar-refractivity contribution in [1.29, 1.82) is 0 Å².